The van der Waals surface area contributed by atoms with Crippen LogP contribution in [0.15, 0.2) is 11.6 Å². The van der Waals surface area contributed by atoms with Gasteiger partial charge in [0, 0.05) is 0 Å². The van der Waals surface area contributed by atoms with E-state index in [4.69, 9.17) is 0 Å². The van der Waals surface area contributed by atoms with E-state index >= 15 is 0 Å². The second kappa shape index (κ2) is 3.90. The van der Waals surface area contributed by atoms with Gasteiger partial charge in [0.25, 0.3) is 0 Å². The van der Waals surface area contributed by atoms with Crippen LogP contribution in [0.3, 0.4) is 0 Å². The van der Waals surface area contributed by atoms with Crippen LogP contribution in [0.1, 0.15) is 33.6 Å². The average Bonchev–Trinajstić information content (AvgIpc) is 1.74. The third kappa shape index (κ3) is 3.32. The van der Waals surface area contributed by atoms with Crippen LogP contribution in [-0.4, -0.2) is 29.0 Å². The Bertz CT molecular complexity index is 243. The summed E-state index contributed by atoms with van der Waals surface area (Å²) in [5.74, 6) is 0.910. The van der Waals surface area contributed by atoms with Crippen molar-refractivity contribution < 1.29 is 5.11 Å². The normalized spacial score (nSPS) is 31.8. The van der Waals surface area contributed by atoms with Gasteiger partial charge in [-0.25, -0.2) is 0 Å². The van der Waals surface area contributed by atoms with E-state index in [1.165, 1.54) is 5.57 Å². The molecule has 1 atom stereocenters. The molecule has 1 unspecified atom stereocenters. The molecular weight excluding hydrogens is 192 g/mol. The molecule has 14 heavy (non-hydrogen) atoms. The highest BCUT2D eigenvalue weighted by atomic mass is 32.2. The molecule has 0 aromatic carbocycles. The molecule has 0 spiro atoms. The molecule has 1 rings (SSSR count). The van der Waals surface area contributed by atoms with Gasteiger partial charge in [-0.15, -0.1) is 0 Å². The van der Waals surface area contributed by atoms with Crippen molar-refractivity contribution in [2.75, 3.05) is 18.3 Å². The van der Waals surface area contributed by atoms with Gasteiger partial charge >= 0.3 is 0 Å². The van der Waals surface area contributed by atoms with Gasteiger partial charge in [-0.1, -0.05) is 19.4 Å². The van der Waals surface area contributed by atoms with Crippen molar-refractivity contribution in [1.29, 1.82) is 0 Å². The lowest BCUT2D eigenvalue weighted by Gasteiger charge is -2.38. The highest BCUT2D eigenvalue weighted by Crippen LogP contribution is 2.40. The van der Waals surface area contributed by atoms with Crippen molar-refractivity contribution in [3.63, 3.8) is 0 Å². The van der Waals surface area contributed by atoms with Gasteiger partial charge in [0.15, 0.2) is 0 Å². The SMILES string of the molecule is CC1=CC(O)(C[S+](C)C)CC(C)(C)C1. The zero-order valence-corrected chi connectivity index (χ0v) is 10.9. The maximum absolute atomic E-state index is 10.5. The highest BCUT2D eigenvalue weighted by Gasteiger charge is 2.40. The molecule has 1 aliphatic carbocycles. The third-order valence-corrected chi connectivity index (χ3v) is 3.67. The molecule has 1 aliphatic rings. The zero-order chi connectivity index (χ0) is 11.0. The second-order valence-corrected chi connectivity index (χ2v) is 8.00. The lowest BCUT2D eigenvalue weighted by Crippen LogP contribution is -2.42. The minimum atomic E-state index is -0.543. The summed E-state index contributed by atoms with van der Waals surface area (Å²) in [5, 5.41) is 10.5. The maximum Gasteiger partial charge on any atom is 0.139 e. The third-order valence-electron chi connectivity index (χ3n) is 2.60. The van der Waals surface area contributed by atoms with Crippen molar-refractivity contribution in [1.82, 2.24) is 0 Å². The van der Waals surface area contributed by atoms with Crippen molar-refractivity contribution >= 4 is 10.9 Å². The van der Waals surface area contributed by atoms with E-state index in [1.807, 2.05) is 0 Å². The molecule has 0 aromatic rings. The summed E-state index contributed by atoms with van der Waals surface area (Å²) in [5.41, 5.74) is 1.06. The van der Waals surface area contributed by atoms with E-state index < -0.39 is 5.60 Å². The number of hydrogen-bond acceptors (Lipinski definition) is 1. The Morgan fingerprint density at radius 3 is 2.43 bits per heavy atom. The zero-order valence-electron chi connectivity index (χ0n) is 10.1. The van der Waals surface area contributed by atoms with Gasteiger partial charge in [0.2, 0.25) is 0 Å². The molecule has 0 saturated carbocycles. The van der Waals surface area contributed by atoms with Crippen LogP contribution in [0, 0.1) is 5.41 Å². The molecular formula is C12H23OS+. The van der Waals surface area contributed by atoms with E-state index in [-0.39, 0.29) is 5.41 Å². The Labute approximate surface area is 90.9 Å². The Balaban J connectivity index is 2.83. The molecule has 2 heteroatoms. The Kier molecular flexibility index (Phi) is 3.37. The van der Waals surface area contributed by atoms with Crippen LogP contribution >= 0.6 is 0 Å². The molecule has 0 fully saturated rings. The fourth-order valence-electron chi connectivity index (χ4n) is 2.80. The van der Waals surface area contributed by atoms with Crippen molar-refractivity contribution in [3.05, 3.63) is 11.6 Å². The Hall–Kier alpha value is 0.0500. The second-order valence-electron chi connectivity index (χ2n) is 5.74. The number of allylic oxidation sites excluding steroid dienone is 1. The minimum Gasteiger partial charge on any atom is -0.381 e. The largest absolute Gasteiger partial charge is 0.381 e. The first-order valence-corrected chi connectivity index (χ1v) is 7.38. The molecule has 0 bridgehead atoms. The molecule has 0 aliphatic heterocycles. The van der Waals surface area contributed by atoms with Crippen molar-refractivity contribution in [3.8, 4) is 0 Å². The lowest BCUT2D eigenvalue weighted by molar-refractivity contribution is 0.0517. The van der Waals surface area contributed by atoms with Gasteiger partial charge in [0.1, 0.15) is 11.4 Å². The quantitative estimate of drug-likeness (QED) is 0.554. The van der Waals surface area contributed by atoms with E-state index in [0.717, 1.165) is 18.6 Å². The number of aliphatic hydroxyl groups is 1. The molecule has 0 radical (unpaired) electrons. The van der Waals surface area contributed by atoms with Gasteiger partial charge < -0.3 is 5.11 Å². The summed E-state index contributed by atoms with van der Waals surface area (Å²) in [7, 11) is 0.305. The van der Waals surface area contributed by atoms with E-state index in [2.05, 4.69) is 39.4 Å². The first-order chi connectivity index (χ1) is 6.22. The van der Waals surface area contributed by atoms with Gasteiger partial charge in [-0.05, 0) is 42.2 Å². The standard InChI is InChI=1S/C12H23OS/c1-10-6-11(2,3)8-12(13,7-10)9-14(4)5/h7,13H,6,8-9H2,1-5H3/q+1. The first kappa shape index (κ1) is 12.1. The number of hydrogen-bond donors (Lipinski definition) is 1. The highest BCUT2D eigenvalue weighted by molar-refractivity contribution is 7.95. The molecule has 1 N–H and O–H groups in total. The molecule has 82 valence electrons. The van der Waals surface area contributed by atoms with Gasteiger partial charge in [-0.3, -0.25) is 0 Å². The van der Waals surface area contributed by atoms with Gasteiger partial charge in [-0.2, -0.15) is 0 Å². The predicted octanol–water partition coefficient (Wildman–Crippen LogP) is 2.36. The van der Waals surface area contributed by atoms with Crippen LogP contribution in [0.4, 0.5) is 0 Å². The minimum absolute atomic E-state index is 0.257. The summed E-state index contributed by atoms with van der Waals surface area (Å²) >= 11 is 0. The maximum atomic E-state index is 10.5. The van der Waals surface area contributed by atoms with Crippen molar-refractivity contribution in [2.24, 2.45) is 5.41 Å². The van der Waals surface area contributed by atoms with Crippen LogP contribution in [0.2, 0.25) is 0 Å². The smallest absolute Gasteiger partial charge is 0.139 e. The molecule has 1 nitrogen and oxygen atoms in total. The predicted molar refractivity (Wildman–Crippen MR) is 65.8 cm³/mol. The summed E-state index contributed by atoms with van der Waals surface area (Å²) in [6.45, 7) is 6.63. The van der Waals surface area contributed by atoms with E-state index in [0.29, 0.717) is 10.9 Å². The fourth-order valence-corrected chi connectivity index (χ4v) is 3.98. The van der Waals surface area contributed by atoms with Crippen molar-refractivity contribution in [2.45, 2.75) is 39.2 Å². The molecule has 0 amide bonds. The molecule has 0 saturated heterocycles. The summed E-state index contributed by atoms with van der Waals surface area (Å²) < 4.78 is 0. The Morgan fingerprint density at radius 1 is 1.43 bits per heavy atom. The van der Waals surface area contributed by atoms with Crippen LogP contribution in [0.5, 0.6) is 0 Å². The van der Waals surface area contributed by atoms with Gasteiger partial charge in [0.05, 0.1) is 12.5 Å². The summed E-state index contributed by atoms with van der Waals surface area (Å²) in [6.07, 6.45) is 8.51. The Morgan fingerprint density at radius 2 is 2.00 bits per heavy atom. The van der Waals surface area contributed by atoms with Crippen LogP contribution in [-0.2, 0) is 10.9 Å². The van der Waals surface area contributed by atoms with E-state index in [9.17, 15) is 5.11 Å². The first-order valence-electron chi connectivity index (χ1n) is 5.17. The fraction of sp³-hybridized carbons (Fsp3) is 0.833. The summed E-state index contributed by atoms with van der Waals surface area (Å²) in [6, 6.07) is 0. The van der Waals surface area contributed by atoms with Crippen LogP contribution < -0.4 is 0 Å². The van der Waals surface area contributed by atoms with Crippen LogP contribution in [0.25, 0.3) is 0 Å². The topological polar surface area (TPSA) is 20.2 Å². The summed E-state index contributed by atoms with van der Waals surface area (Å²) in [4.78, 5) is 0. The lowest BCUT2D eigenvalue weighted by atomic mass is 9.72. The average molecular weight is 215 g/mol. The monoisotopic (exact) mass is 215 g/mol. The molecule has 0 heterocycles. The van der Waals surface area contributed by atoms with E-state index in [1.54, 1.807) is 0 Å². The molecule has 0 aromatic heterocycles. The number of rotatable bonds is 2.